The summed E-state index contributed by atoms with van der Waals surface area (Å²) in [6.07, 6.45) is 2.70. The molecule has 0 atom stereocenters. The molecule has 1 aliphatic heterocycles. The van der Waals surface area contributed by atoms with E-state index in [1.807, 2.05) is 0 Å². The van der Waals surface area contributed by atoms with Crippen molar-refractivity contribution in [2.45, 2.75) is 39.5 Å². The Morgan fingerprint density at radius 1 is 1.21 bits per heavy atom. The summed E-state index contributed by atoms with van der Waals surface area (Å²) in [6.45, 7) is 10.9. The number of halogens is 1. The van der Waals surface area contributed by atoms with Gasteiger partial charge < -0.3 is 4.74 Å². The fourth-order valence-corrected chi connectivity index (χ4v) is 2.53. The second-order valence-electron chi connectivity index (χ2n) is 5.59. The largest absolute Gasteiger partial charge is 0.492 e. The van der Waals surface area contributed by atoms with E-state index in [0.717, 1.165) is 18.9 Å². The number of aryl methyl sites for hydroxylation is 1. The fourth-order valence-electron chi connectivity index (χ4n) is 2.53. The Bertz CT molecular complexity index is 386. The Balaban J connectivity index is 0.00000180. The zero-order chi connectivity index (χ0) is 13.0. The van der Waals surface area contributed by atoms with Crippen molar-refractivity contribution in [1.82, 2.24) is 4.90 Å². The number of nitrogens with zero attached hydrogens (tertiary/aromatic N) is 1. The minimum Gasteiger partial charge on any atom is -0.492 e. The van der Waals surface area contributed by atoms with Crippen molar-refractivity contribution in [2.24, 2.45) is 0 Å². The number of hydrogen-bond donors (Lipinski definition) is 0. The Labute approximate surface area is 123 Å². The predicted molar refractivity (Wildman–Crippen MR) is 83.7 cm³/mol. The van der Waals surface area contributed by atoms with Crippen LogP contribution in [0.1, 0.15) is 43.7 Å². The molecule has 1 fully saturated rings. The van der Waals surface area contributed by atoms with Gasteiger partial charge in [0.05, 0.1) is 0 Å². The molecule has 1 aromatic carbocycles. The van der Waals surface area contributed by atoms with E-state index in [0.29, 0.717) is 5.92 Å². The summed E-state index contributed by atoms with van der Waals surface area (Å²) in [7, 11) is 0. The highest BCUT2D eigenvalue weighted by molar-refractivity contribution is 5.85. The third kappa shape index (κ3) is 4.70. The standard InChI is InChI=1S/C16H25NO.ClH/c1-13(2)15-7-6-14(3)12-16(15)18-11-10-17-8-4-5-9-17;/h6-7,12-13H,4-5,8-11H2,1-3H3;1H. The van der Waals surface area contributed by atoms with Crippen molar-refractivity contribution < 1.29 is 4.74 Å². The molecule has 0 N–H and O–H groups in total. The lowest BCUT2D eigenvalue weighted by Crippen LogP contribution is -2.25. The van der Waals surface area contributed by atoms with Crippen molar-refractivity contribution in [3.63, 3.8) is 0 Å². The highest BCUT2D eigenvalue weighted by Gasteiger charge is 2.12. The van der Waals surface area contributed by atoms with Gasteiger partial charge in [-0.2, -0.15) is 0 Å². The second kappa shape index (κ2) is 7.76. The molecule has 0 saturated carbocycles. The van der Waals surface area contributed by atoms with Crippen LogP contribution in [0.2, 0.25) is 0 Å². The van der Waals surface area contributed by atoms with Crippen LogP contribution in [0.25, 0.3) is 0 Å². The molecule has 1 saturated heterocycles. The molecule has 1 aromatic rings. The lowest BCUT2D eigenvalue weighted by molar-refractivity contribution is 0.236. The first-order valence-electron chi connectivity index (χ1n) is 7.12. The maximum Gasteiger partial charge on any atom is 0.123 e. The van der Waals surface area contributed by atoms with E-state index in [1.54, 1.807) is 0 Å². The first kappa shape index (κ1) is 16.3. The predicted octanol–water partition coefficient (Wildman–Crippen LogP) is 4.01. The fraction of sp³-hybridized carbons (Fsp3) is 0.625. The minimum absolute atomic E-state index is 0. The zero-order valence-corrected chi connectivity index (χ0v) is 13.1. The topological polar surface area (TPSA) is 12.5 Å². The molecule has 0 bridgehead atoms. The van der Waals surface area contributed by atoms with Crippen molar-refractivity contribution in [3.8, 4) is 5.75 Å². The van der Waals surface area contributed by atoms with Gasteiger partial charge in [0.15, 0.2) is 0 Å². The summed E-state index contributed by atoms with van der Waals surface area (Å²) in [6, 6.07) is 6.53. The van der Waals surface area contributed by atoms with E-state index < -0.39 is 0 Å². The maximum atomic E-state index is 6.00. The Morgan fingerprint density at radius 3 is 2.53 bits per heavy atom. The third-order valence-electron chi connectivity index (χ3n) is 3.65. The van der Waals surface area contributed by atoms with Crippen molar-refractivity contribution >= 4 is 12.4 Å². The van der Waals surface area contributed by atoms with Crippen LogP contribution in [0.5, 0.6) is 5.75 Å². The van der Waals surface area contributed by atoms with Crippen LogP contribution in [0.15, 0.2) is 18.2 Å². The molecule has 0 spiro atoms. The van der Waals surface area contributed by atoms with Crippen molar-refractivity contribution in [1.29, 1.82) is 0 Å². The monoisotopic (exact) mass is 283 g/mol. The van der Waals surface area contributed by atoms with E-state index >= 15 is 0 Å². The van der Waals surface area contributed by atoms with Crippen LogP contribution < -0.4 is 4.74 Å². The molecule has 1 heterocycles. The van der Waals surface area contributed by atoms with Crippen molar-refractivity contribution in [2.75, 3.05) is 26.2 Å². The summed E-state index contributed by atoms with van der Waals surface area (Å²) in [5, 5.41) is 0. The zero-order valence-electron chi connectivity index (χ0n) is 12.3. The molecule has 0 aromatic heterocycles. The number of likely N-dealkylation sites (tertiary alicyclic amines) is 1. The number of ether oxygens (including phenoxy) is 1. The number of hydrogen-bond acceptors (Lipinski definition) is 2. The van der Waals surface area contributed by atoms with Crippen LogP contribution in [-0.4, -0.2) is 31.1 Å². The Hall–Kier alpha value is -0.730. The van der Waals surface area contributed by atoms with Crippen LogP contribution >= 0.6 is 12.4 Å². The lowest BCUT2D eigenvalue weighted by Gasteiger charge is -2.18. The third-order valence-corrected chi connectivity index (χ3v) is 3.65. The SMILES string of the molecule is Cc1ccc(C(C)C)c(OCCN2CCCC2)c1.Cl. The summed E-state index contributed by atoms with van der Waals surface area (Å²) in [5.41, 5.74) is 2.59. The Kier molecular flexibility index (Phi) is 6.67. The summed E-state index contributed by atoms with van der Waals surface area (Å²) < 4.78 is 6.00. The summed E-state index contributed by atoms with van der Waals surface area (Å²) in [5.74, 6) is 1.59. The molecular formula is C16H26ClNO. The molecule has 0 radical (unpaired) electrons. The van der Waals surface area contributed by atoms with Crippen LogP contribution in [0.3, 0.4) is 0 Å². The summed E-state index contributed by atoms with van der Waals surface area (Å²) in [4.78, 5) is 2.49. The van der Waals surface area contributed by atoms with Gasteiger partial charge in [-0.05, 0) is 56.0 Å². The smallest absolute Gasteiger partial charge is 0.123 e. The van der Waals surface area contributed by atoms with E-state index in [-0.39, 0.29) is 12.4 Å². The van der Waals surface area contributed by atoms with Crippen molar-refractivity contribution in [3.05, 3.63) is 29.3 Å². The summed E-state index contributed by atoms with van der Waals surface area (Å²) >= 11 is 0. The first-order valence-corrected chi connectivity index (χ1v) is 7.12. The Morgan fingerprint density at radius 2 is 1.89 bits per heavy atom. The van der Waals surface area contributed by atoms with E-state index in [2.05, 4.69) is 43.9 Å². The molecular weight excluding hydrogens is 258 g/mol. The minimum atomic E-state index is 0. The second-order valence-corrected chi connectivity index (χ2v) is 5.59. The highest BCUT2D eigenvalue weighted by atomic mass is 35.5. The molecule has 0 aliphatic carbocycles. The molecule has 2 rings (SSSR count). The van der Waals surface area contributed by atoms with E-state index in [9.17, 15) is 0 Å². The van der Waals surface area contributed by atoms with Gasteiger partial charge in [0, 0.05) is 6.54 Å². The van der Waals surface area contributed by atoms with Crippen LogP contribution in [-0.2, 0) is 0 Å². The molecule has 3 heteroatoms. The lowest BCUT2D eigenvalue weighted by atomic mass is 10.0. The molecule has 108 valence electrons. The molecule has 1 aliphatic rings. The molecule has 0 unspecified atom stereocenters. The van der Waals surface area contributed by atoms with Gasteiger partial charge in [-0.1, -0.05) is 26.0 Å². The highest BCUT2D eigenvalue weighted by Crippen LogP contribution is 2.27. The molecule has 0 amide bonds. The van der Waals surface area contributed by atoms with Gasteiger partial charge in [-0.15, -0.1) is 12.4 Å². The normalized spacial score (nSPS) is 15.6. The van der Waals surface area contributed by atoms with E-state index in [4.69, 9.17) is 4.74 Å². The number of benzene rings is 1. The van der Waals surface area contributed by atoms with Crippen LogP contribution in [0, 0.1) is 6.92 Å². The van der Waals surface area contributed by atoms with Gasteiger partial charge in [0.25, 0.3) is 0 Å². The first-order chi connectivity index (χ1) is 8.66. The average Bonchev–Trinajstić information content (AvgIpc) is 2.82. The van der Waals surface area contributed by atoms with Gasteiger partial charge in [-0.3, -0.25) is 4.90 Å². The van der Waals surface area contributed by atoms with Gasteiger partial charge in [0.2, 0.25) is 0 Å². The van der Waals surface area contributed by atoms with Gasteiger partial charge in [0.1, 0.15) is 12.4 Å². The molecule has 19 heavy (non-hydrogen) atoms. The van der Waals surface area contributed by atoms with E-state index in [1.165, 1.54) is 37.1 Å². The van der Waals surface area contributed by atoms with Gasteiger partial charge >= 0.3 is 0 Å². The van der Waals surface area contributed by atoms with Crippen LogP contribution in [0.4, 0.5) is 0 Å². The van der Waals surface area contributed by atoms with Gasteiger partial charge in [-0.25, -0.2) is 0 Å². The number of rotatable bonds is 5. The maximum absolute atomic E-state index is 6.00. The quantitative estimate of drug-likeness (QED) is 0.809. The molecule has 2 nitrogen and oxygen atoms in total. The average molecular weight is 284 g/mol.